The molecular formula is C11H10F2O4. The molecule has 2 rings (SSSR count). The predicted molar refractivity (Wildman–Crippen MR) is 53.2 cm³/mol. The second kappa shape index (κ2) is 3.87. The molecule has 92 valence electrons. The molecule has 0 N–H and O–H groups in total. The number of esters is 1. The van der Waals surface area contributed by atoms with Gasteiger partial charge < -0.3 is 14.2 Å². The van der Waals surface area contributed by atoms with Crippen molar-refractivity contribution in [2.24, 2.45) is 0 Å². The number of fused-ring (bicyclic) bond motifs is 1. The van der Waals surface area contributed by atoms with Crippen LogP contribution in [0.15, 0.2) is 18.2 Å². The molecule has 0 radical (unpaired) electrons. The van der Waals surface area contributed by atoms with Gasteiger partial charge in [-0.1, -0.05) is 6.07 Å². The molecule has 1 aromatic carbocycles. The Morgan fingerprint density at radius 3 is 2.65 bits per heavy atom. The Morgan fingerprint density at radius 1 is 1.29 bits per heavy atom. The van der Waals surface area contributed by atoms with Crippen molar-refractivity contribution in [1.29, 1.82) is 0 Å². The van der Waals surface area contributed by atoms with E-state index in [9.17, 15) is 13.6 Å². The molecule has 1 aromatic rings. The summed E-state index contributed by atoms with van der Waals surface area (Å²) in [6.07, 6.45) is 0. The average molecular weight is 244 g/mol. The van der Waals surface area contributed by atoms with Gasteiger partial charge in [0.2, 0.25) is 5.79 Å². The largest absolute Gasteiger partial charge is 0.452 e. The first-order chi connectivity index (χ1) is 7.89. The summed E-state index contributed by atoms with van der Waals surface area (Å²) < 4.78 is 38.8. The van der Waals surface area contributed by atoms with E-state index in [1.807, 2.05) is 0 Å². The fourth-order valence-corrected chi connectivity index (χ4v) is 1.55. The van der Waals surface area contributed by atoms with Gasteiger partial charge in [0.15, 0.2) is 0 Å². The Kier molecular flexibility index (Phi) is 2.65. The van der Waals surface area contributed by atoms with Crippen molar-refractivity contribution in [3.63, 3.8) is 0 Å². The number of alkyl halides is 2. The van der Waals surface area contributed by atoms with Gasteiger partial charge in [0.05, 0.1) is 0 Å². The highest BCUT2D eigenvalue weighted by molar-refractivity contribution is 5.96. The first-order valence-electron chi connectivity index (χ1n) is 4.89. The summed E-state index contributed by atoms with van der Waals surface area (Å²) in [4.78, 5) is 11.7. The van der Waals surface area contributed by atoms with Crippen molar-refractivity contribution in [1.82, 2.24) is 0 Å². The Hall–Kier alpha value is -1.85. The van der Waals surface area contributed by atoms with Crippen molar-refractivity contribution in [3.8, 4) is 11.5 Å². The smallest absolute Gasteiger partial charge is 0.387 e. The molecule has 0 atom stereocenters. The summed E-state index contributed by atoms with van der Waals surface area (Å²) in [5.41, 5.74) is -0.118. The van der Waals surface area contributed by atoms with Crippen LogP contribution in [0.5, 0.6) is 11.5 Å². The van der Waals surface area contributed by atoms with E-state index in [2.05, 4.69) is 4.74 Å². The van der Waals surface area contributed by atoms with Gasteiger partial charge in [-0.05, 0) is 12.1 Å². The third-order valence-electron chi connectivity index (χ3n) is 2.10. The molecule has 0 spiro atoms. The van der Waals surface area contributed by atoms with Crippen LogP contribution in [0.4, 0.5) is 8.78 Å². The fourth-order valence-electron chi connectivity index (χ4n) is 1.55. The van der Waals surface area contributed by atoms with Crippen molar-refractivity contribution in [2.75, 3.05) is 0 Å². The molecule has 1 heterocycles. The normalized spacial score (nSPS) is 17.1. The van der Waals surface area contributed by atoms with Gasteiger partial charge in [-0.2, -0.15) is 8.78 Å². The first-order valence-corrected chi connectivity index (χ1v) is 4.89. The van der Waals surface area contributed by atoms with Crippen molar-refractivity contribution in [2.45, 2.75) is 26.2 Å². The summed E-state index contributed by atoms with van der Waals surface area (Å²) in [6, 6.07) is 4.22. The van der Waals surface area contributed by atoms with E-state index in [4.69, 9.17) is 9.47 Å². The molecule has 1 aliphatic heterocycles. The van der Waals surface area contributed by atoms with Gasteiger partial charge >= 0.3 is 12.6 Å². The molecule has 0 aliphatic carbocycles. The minimum absolute atomic E-state index is 0.118. The summed E-state index contributed by atoms with van der Waals surface area (Å²) in [7, 11) is 0. The SMILES string of the molecule is CC1(C)OC(=O)c2c(OC(F)F)cccc2O1. The number of cyclic esters (lactones) is 1. The summed E-state index contributed by atoms with van der Waals surface area (Å²) in [5.74, 6) is -1.94. The van der Waals surface area contributed by atoms with Crippen LogP contribution in [-0.2, 0) is 4.74 Å². The molecule has 4 nitrogen and oxygen atoms in total. The number of halogens is 2. The van der Waals surface area contributed by atoms with Crippen molar-refractivity contribution < 1.29 is 27.8 Å². The highest BCUT2D eigenvalue weighted by atomic mass is 19.3. The van der Waals surface area contributed by atoms with Crippen molar-refractivity contribution >= 4 is 5.97 Å². The summed E-state index contributed by atoms with van der Waals surface area (Å²) >= 11 is 0. The van der Waals surface area contributed by atoms with E-state index in [1.165, 1.54) is 18.2 Å². The molecule has 0 fully saturated rings. The average Bonchev–Trinajstić information content (AvgIpc) is 2.13. The molecule has 1 aliphatic rings. The standard InChI is InChI=1S/C11H10F2O4/c1-11(2)16-7-5-3-4-6(15-10(12)13)8(7)9(14)17-11/h3-5,10H,1-2H3. The van der Waals surface area contributed by atoms with Gasteiger partial charge in [-0.3, -0.25) is 0 Å². The highest BCUT2D eigenvalue weighted by Gasteiger charge is 2.36. The number of hydrogen-bond acceptors (Lipinski definition) is 4. The van der Waals surface area contributed by atoms with Crippen molar-refractivity contribution in [3.05, 3.63) is 23.8 Å². The summed E-state index contributed by atoms with van der Waals surface area (Å²) in [5, 5.41) is 0. The maximum atomic E-state index is 12.2. The zero-order chi connectivity index (χ0) is 12.6. The minimum atomic E-state index is -3.01. The van der Waals surface area contributed by atoms with Crippen LogP contribution in [0.25, 0.3) is 0 Å². The van der Waals surface area contributed by atoms with Crippen LogP contribution in [0, 0.1) is 0 Å². The monoisotopic (exact) mass is 244 g/mol. The summed E-state index contributed by atoms with van der Waals surface area (Å²) in [6.45, 7) is 0.0902. The lowest BCUT2D eigenvalue weighted by Crippen LogP contribution is -2.39. The molecule has 0 bridgehead atoms. The van der Waals surface area contributed by atoms with Crippen LogP contribution < -0.4 is 9.47 Å². The second-order valence-electron chi connectivity index (χ2n) is 3.90. The maximum Gasteiger partial charge on any atom is 0.387 e. The zero-order valence-corrected chi connectivity index (χ0v) is 9.20. The van der Waals surface area contributed by atoms with E-state index in [0.717, 1.165) is 0 Å². The quantitative estimate of drug-likeness (QED) is 0.750. The third kappa shape index (κ3) is 2.30. The van der Waals surface area contributed by atoms with E-state index >= 15 is 0 Å². The maximum absolute atomic E-state index is 12.2. The molecule has 0 aromatic heterocycles. The molecule has 0 saturated heterocycles. The lowest BCUT2D eigenvalue weighted by atomic mass is 10.1. The second-order valence-corrected chi connectivity index (χ2v) is 3.90. The molecular weight excluding hydrogens is 234 g/mol. The van der Waals surface area contributed by atoms with E-state index in [-0.39, 0.29) is 17.1 Å². The van der Waals surface area contributed by atoms with Crippen LogP contribution in [0.2, 0.25) is 0 Å². The number of hydrogen-bond donors (Lipinski definition) is 0. The molecule has 0 amide bonds. The lowest BCUT2D eigenvalue weighted by molar-refractivity contribution is -0.128. The Morgan fingerprint density at radius 2 is 2.00 bits per heavy atom. The van der Waals surface area contributed by atoms with E-state index in [1.54, 1.807) is 13.8 Å². The zero-order valence-electron chi connectivity index (χ0n) is 9.20. The molecule has 6 heteroatoms. The third-order valence-corrected chi connectivity index (χ3v) is 2.10. The van der Waals surface area contributed by atoms with Gasteiger partial charge in [-0.25, -0.2) is 4.79 Å². The van der Waals surface area contributed by atoms with Crippen LogP contribution >= 0.6 is 0 Å². The Balaban J connectivity index is 2.45. The predicted octanol–water partition coefficient (Wildman–Crippen LogP) is 2.57. The van der Waals surface area contributed by atoms with Crippen LogP contribution in [0.1, 0.15) is 24.2 Å². The molecule has 0 saturated carbocycles. The first kappa shape index (κ1) is 11.6. The van der Waals surface area contributed by atoms with E-state index < -0.39 is 18.4 Å². The lowest BCUT2D eigenvalue weighted by Gasteiger charge is -2.32. The fraction of sp³-hybridized carbons (Fsp3) is 0.364. The van der Waals surface area contributed by atoms with Gasteiger partial charge in [0.25, 0.3) is 0 Å². The topological polar surface area (TPSA) is 44.8 Å². The van der Waals surface area contributed by atoms with Gasteiger partial charge in [0.1, 0.15) is 17.1 Å². The number of carbonyl (C=O) groups excluding carboxylic acids is 1. The van der Waals surface area contributed by atoms with Gasteiger partial charge in [0, 0.05) is 13.8 Å². The number of carbonyl (C=O) groups is 1. The number of ether oxygens (including phenoxy) is 3. The molecule has 17 heavy (non-hydrogen) atoms. The number of benzene rings is 1. The van der Waals surface area contributed by atoms with Crippen LogP contribution in [-0.4, -0.2) is 18.4 Å². The molecule has 0 unspecified atom stereocenters. The highest BCUT2D eigenvalue weighted by Crippen LogP contribution is 2.37. The Bertz CT molecular complexity index is 443. The van der Waals surface area contributed by atoms with Gasteiger partial charge in [-0.15, -0.1) is 0 Å². The van der Waals surface area contributed by atoms with Crippen LogP contribution in [0.3, 0.4) is 0 Å². The van der Waals surface area contributed by atoms with E-state index in [0.29, 0.717) is 0 Å². The minimum Gasteiger partial charge on any atom is -0.452 e. The number of rotatable bonds is 2. The Labute approximate surface area is 96.1 Å².